The second-order valence-corrected chi connectivity index (χ2v) is 2.91. The van der Waals surface area contributed by atoms with Crippen LogP contribution in [-0.4, -0.2) is 58.8 Å². The van der Waals surface area contributed by atoms with Gasteiger partial charge in [0.15, 0.2) is 0 Å². The van der Waals surface area contributed by atoms with Crippen molar-refractivity contribution in [3.05, 3.63) is 0 Å². The van der Waals surface area contributed by atoms with Gasteiger partial charge in [0, 0.05) is 0 Å². The third-order valence-corrected chi connectivity index (χ3v) is 1.77. The summed E-state index contributed by atoms with van der Waals surface area (Å²) in [6, 6.07) is 0. The lowest BCUT2D eigenvalue weighted by Crippen LogP contribution is -2.30. The Balaban J connectivity index is 4.02. The summed E-state index contributed by atoms with van der Waals surface area (Å²) in [7, 11) is 0. The zero-order valence-electron chi connectivity index (χ0n) is 8.00. The van der Waals surface area contributed by atoms with Crippen LogP contribution in [0, 0.1) is 11.8 Å². The van der Waals surface area contributed by atoms with Crippen molar-refractivity contribution in [2.45, 2.75) is 0 Å². The van der Waals surface area contributed by atoms with Crippen molar-refractivity contribution in [3.8, 4) is 0 Å². The molecule has 88 valence electrons. The van der Waals surface area contributed by atoms with Crippen LogP contribution in [0.1, 0.15) is 0 Å². The third-order valence-electron chi connectivity index (χ3n) is 1.77. The number of hydrogen-bond donors (Lipinski definition) is 4. The first-order valence-corrected chi connectivity index (χ1v) is 4.28. The Kier molecular flexibility index (Phi) is 6.59. The zero-order valence-corrected chi connectivity index (χ0v) is 8.00. The summed E-state index contributed by atoms with van der Waals surface area (Å²) in [5, 5.41) is 34.3. The SMILES string of the molecule is O=C(O)C(CO)COC(=O)C(CO)CO. The lowest BCUT2D eigenvalue weighted by atomic mass is 10.1. The maximum atomic E-state index is 11.0. The number of ether oxygens (including phenoxy) is 1. The van der Waals surface area contributed by atoms with Crippen LogP contribution in [0.4, 0.5) is 0 Å². The summed E-state index contributed by atoms with van der Waals surface area (Å²) >= 11 is 0. The van der Waals surface area contributed by atoms with Crippen molar-refractivity contribution >= 4 is 11.9 Å². The number of aliphatic carboxylic acids is 1. The Bertz CT molecular complexity index is 211. The van der Waals surface area contributed by atoms with Gasteiger partial charge >= 0.3 is 11.9 Å². The van der Waals surface area contributed by atoms with Crippen LogP contribution in [0.15, 0.2) is 0 Å². The van der Waals surface area contributed by atoms with Gasteiger partial charge in [-0.05, 0) is 0 Å². The highest BCUT2D eigenvalue weighted by atomic mass is 16.5. The molecule has 0 aliphatic rings. The molecule has 0 aliphatic carbocycles. The number of rotatable bonds is 7. The molecular weight excluding hydrogens is 208 g/mol. The number of aliphatic hydroxyl groups is 3. The molecule has 0 fully saturated rings. The largest absolute Gasteiger partial charge is 0.481 e. The first-order valence-electron chi connectivity index (χ1n) is 4.28. The summed E-state index contributed by atoms with van der Waals surface area (Å²) < 4.78 is 4.50. The second kappa shape index (κ2) is 7.16. The molecule has 1 unspecified atom stereocenters. The number of carbonyl (C=O) groups excluding carboxylic acids is 1. The molecule has 0 rings (SSSR count). The van der Waals surface area contributed by atoms with Crippen molar-refractivity contribution in [2.75, 3.05) is 26.4 Å². The Hall–Kier alpha value is -1.18. The molecule has 1 atom stereocenters. The molecule has 0 radical (unpaired) electrons. The van der Waals surface area contributed by atoms with Gasteiger partial charge in [-0.1, -0.05) is 0 Å². The number of aliphatic hydroxyl groups excluding tert-OH is 3. The minimum atomic E-state index is -1.28. The van der Waals surface area contributed by atoms with E-state index in [0.29, 0.717) is 0 Å². The molecule has 0 spiro atoms. The zero-order chi connectivity index (χ0) is 11.8. The Morgan fingerprint density at radius 3 is 1.80 bits per heavy atom. The Morgan fingerprint density at radius 1 is 1.00 bits per heavy atom. The van der Waals surface area contributed by atoms with Crippen molar-refractivity contribution in [1.29, 1.82) is 0 Å². The van der Waals surface area contributed by atoms with Crippen LogP contribution in [-0.2, 0) is 14.3 Å². The average Bonchev–Trinajstić information content (AvgIpc) is 2.20. The van der Waals surface area contributed by atoms with Gasteiger partial charge in [0.25, 0.3) is 0 Å². The van der Waals surface area contributed by atoms with Gasteiger partial charge in [-0.2, -0.15) is 0 Å². The van der Waals surface area contributed by atoms with E-state index >= 15 is 0 Å². The number of carboxylic acid groups (broad SMARTS) is 1. The molecule has 0 aromatic rings. The second-order valence-electron chi connectivity index (χ2n) is 2.91. The standard InChI is InChI=1S/C8H14O7/c9-1-5(2-10)8(14)15-4-6(3-11)7(12)13/h5-6,9-11H,1-4H2,(H,12,13). The molecule has 0 saturated heterocycles. The summed E-state index contributed by atoms with van der Waals surface area (Å²) in [5.41, 5.74) is 0. The predicted octanol–water partition coefficient (Wildman–Crippen LogP) is -2.18. The molecule has 4 N–H and O–H groups in total. The van der Waals surface area contributed by atoms with Gasteiger partial charge in [-0.3, -0.25) is 9.59 Å². The summed E-state index contributed by atoms with van der Waals surface area (Å²) in [6.07, 6.45) is 0. The maximum absolute atomic E-state index is 11.0. The normalized spacial score (nSPS) is 12.5. The van der Waals surface area contributed by atoms with Crippen molar-refractivity contribution < 1.29 is 34.8 Å². The highest BCUT2D eigenvalue weighted by Crippen LogP contribution is 2.02. The molecule has 0 aromatic carbocycles. The van der Waals surface area contributed by atoms with E-state index < -0.39 is 50.2 Å². The van der Waals surface area contributed by atoms with E-state index in [0.717, 1.165) is 0 Å². The smallest absolute Gasteiger partial charge is 0.313 e. The maximum Gasteiger partial charge on any atom is 0.313 e. The molecule has 7 heteroatoms. The molecule has 0 heterocycles. The highest BCUT2D eigenvalue weighted by Gasteiger charge is 2.22. The van der Waals surface area contributed by atoms with Crippen LogP contribution in [0.25, 0.3) is 0 Å². The van der Waals surface area contributed by atoms with Gasteiger partial charge < -0.3 is 25.2 Å². The highest BCUT2D eigenvalue weighted by molar-refractivity contribution is 5.74. The van der Waals surface area contributed by atoms with Crippen LogP contribution in [0.5, 0.6) is 0 Å². The van der Waals surface area contributed by atoms with E-state index in [1.54, 1.807) is 0 Å². The molecular formula is C8H14O7. The van der Waals surface area contributed by atoms with Gasteiger partial charge in [0.2, 0.25) is 0 Å². The third kappa shape index (κ3) is 4.73. The number of esters is 1. The molecule has 0 bridgehead atoms. The van der Waals surface area contributed by atoms with E-state index in [-0.39, 0.29) is 0 Å². The fourth-order valence-electron chi connectivity index (χ4n) is 0.709. The van der Waals surface area contributed by atoms with Crippen LogP contribution in [0.3, 0.4) is 0 Å². The lowest BCUT2D eigenvalue weighted by Gasteiger charge is -2.13. The summed E-state index contributed by atoms with van der Waals surface area (Å²) in [6.45, 7) is -2.29. The molecule has 0 saturated carbocycles. The summed E-state index contributed by atoms with van der Waals surface area (Å²) in [5.74, 6) is -4.43. The number of carbonyl (C=O) groups is 2. The first-order chi connectivity index (χ1) is 7.06. The minimum Gasteiger partial charge on any atom is -0.481 e. The first kappa shape index (κ1) is 13.8. The molecule has 15 heavy (non-hydrogen) atoms. The van der Waals surface area contributed by atoms with Crippen LogP contribution in [0.2, 0.25) is 0 Å². The quantitative estimate of drug-likeness (QED) is 0.361. The fraction of sp³-hybridized carbons (Fsp3) is 0.750. The van der Waals surface area contributed by atoms with E-state index in [1.165, 1.54) is 0 Å². The van der Waals surface area contributed by atoms with Crippen molar-refractivity contribution in [3.63, 3.8) is 0 Å². The van der Waals surface area contributed by atoms with Gasteiger partial charge in [-0.15, -0.1) is 0 Å². The average molecular weight is 222 g/mol. The summed E-state index contributed by atoms with van der Waals surface area (Å²) in [4.78, 5) is 21.4. The number of carboxylic acids is 1. The molecule has 7 nitrogen and oxygen atoms in total. The van der Waals surface area contributed by atoms with Gasteiger partial charge in [-0.25, -0.2) is 0 Å². The topological polar surface area (TPSA) is 124 Å². The van der Waals surface area contributed by atoms with E-state index in [1.807, 2.05) is 0 Å². The Morgan fingerprint density at radius 2 is 1.47 bits per heavy atom. The van der Waals surface area contributed by atoms with E-state index in [9.17, 15) is 9.59 Å². The molecule has 0 amide bonds. The van der Waals surface area contributed by atoms with Gasteiger partial charge in [0.05, 0.1) is 19.8 Å². The monoisotopic (exact) mass is 222 g/mol. The Labute approximate surface area is 85.9 Å². The minimum absolute atomic E-state index is 0.485. The van der Waals surface area contributed by atoms with E-state index in [4.69, 9.17) is 20.4 Å². The fourth-order valence-corrected chi connectivity index (χ4v) is 0.709. The molecule has 0 aromatic heterocycles. The van der Waals surface area contributed by atoms with E-state index in [2.05, 4.69) is 4.74 Å². The molecule has 0 aliphatic heterocycles. The predicted molar refractivity (Wildman–Crippen MR) is 46.8 cm³/mol. The van der Waals surface area contributed by atoms with Crippen molar-refractivity contribution in [2.24, 2.45) is 11.8 Å². The van der Waals surface area contributed by atoms with Gasteiger partial charge in [0.1, 0.15) is 18.4 Å². The van der Waals surface area contributed by atoms with Crippen LogP contribution >= 0.6 is 0 Å². The van der Waals surface area contributed by atoms with Crippen molar-refractivity contribution in [1.82, 2.24) is 0 Å². The number of hydrogen-bond acceptors (Lipinski definition) is 6. The lowest BCUT2D eigenvalue weighted by molar-refractivity contribution is -0.157. The van der Waals surface area contributed by atoms with Crippen LogP contribution < -0.4 is 0 Å².